The van der Waals surface area contributed by atoms with E-state index >= 15 is 0 Å². The molecule has 3 nitrogen and oxygen atoms in total. The van der Waals surface area contributed by atoms with E-state index in [1.807, 2.05) is 6.08 Å². The first-order valence-electron chi connectivity index (χ1n) is 13.6. The van der Waals surface area contributed by atoms with Crippen molar-refractivity contribution in [3.05, 3.63) is 23.3 Å². The van der Waals surface area contributed by atoms with Crippen molar-refractivity contribution >= 4 is 5.97 Å². The summed E-state index contributed by atoms with van der Waals surface area (Å²) in [5.74, 6) is 1.75. The Balaban J connectivity index is 1.58. The van der Waals surface area contributed by atoms with Crippen LogP contribution in [0, 0.1) is 45.3 Å². The van der Waals surface area contributed by atoms with Gasteiger partial charge in [0.25, 0.3) is 0 Å². The maximum atomic E-state index is 11.1. The van der Waals surface area contributed by atoms with Gasteiger partial charge in [0.05, 0.1) is 6.10 Å². The van der Waals surface area contributed by atoms with Gasteiger partial charge in [0.2, 0.25) is 0 Å². The summed E-state index contributed by atoms with van der Waals surface area (Å²) in [7, 11) is 0. The molecule has 0 heterocycles. The number of aliphatic hydroxyl groups excluding tert-OH is 1. The lowest BCUT2D eigenvalue weighted by Gasteiger charge is -2.64. The maximum Gasteiger partial charge on any atom is 0.330 e. The zero-order valence-corrected chi connectivity index (χ0v) is 22.2. The van der Waals surface area contributed by atoms with Crippen LogP contribution in [0.1, 0.15) is 106 Å². The molecule has 4 aliphatic rings. The Morgan fingerprint density at radius 1 is 1.12 bits per heavy atom. The minimum Gasteiger partial charge on any atom is -0.478 e. The molecule has 0 aromatic rings. The second-order valence-corrected chi connectivity index (χ2v) is 13.6. The normalized spacial score (nSPS) is 45.5. The van der Waals surface area contributed by atoms with Crippen LogP contribution in [0.15, 0.2) is 23.3 Å². The van der Waals surface area contributed by atoms with Crippen molar-refractivity contribution in [2.75, 3.05) is 0 Å². The first kappa shape index (κ1) is 25.0. The molecule has 2 N–H and O–H groups in total. The first-order valence-corrected chi connectivity index (χ1v) is 13.6. The summed E-state index contributed by atoms with van der Waals surface area (Å²) < 4.78 is 0. The van der Waals surface area contributed by atoms with E-state index < -0.39 is 5.97 Å². The maximum absolute atomic E-state index is 11.1. The van der Waals surface area contributed by atoms with Crippen molar-refractivity contribution in [2.45, 2.75) is 112 Å². The summed E-state index contributed by atoms with van der Waals surface area (Å²) in [6, 6.07) is 0. The Bertz CT molecular complexity index is 853. The monoisotopic (exact) mass is 456 g/mol. The summed E-state index contributed by atoms with van der Waals surface area (Å²) >= 11 is 0. The lowest BCUT2D eigenvalue weighted by molar-refractivity contribution is -0.132. The number of carboxylic acids is 1. The van der Waals surface area contributed by atoms with Crippen LogP contribution in [0.4, 0.5) is 0 Å². The minimum atomic E-state index is -0.796. The lowest BCUT2D eigenvalue weighted by atomic mass is 9.41. The Morgan fingerprint density at radius 3 is 2.48 bits per heavy atom. The van der Waals surface area contributed by atoms with Crippen LogP contribution in [0.5, 0.6) is 0 Å². The number of allylic oxidation sites excluding steroid dienone is 3. The van der Waals surface area contributed by atoms with Crippen molar-refractivity contribution in [1.29, 1.82) is 0 Å². The average Bonchev–Trinajstić information content (AvgIpc) is 3.02. The summed E-state index contributed by atoms with van der Waals surface area (Å²) in [4.78, 5) is 11.1. The molecule has 0 aromatic heterocycles. The number of hydrogen-bond donors (Lipinski definition) is 2. The molecule has 0 aliphatic heterocycles. The first-order chi connectivity index (χ1) is 15.3. The molecule has 0 radical (unpaired) electrons. The van der Waals surface area contributed by atoms with E-state index in [2.05, 4.69) is 47.6 Å². The van der Waals surface area contributed by atoms with Gasteiger partial charge >= 0.3 is 5.97 Å². The highest BCUT2D eigenvalue weighted by Gasteiger charge is 2.65. The highest BCUT2D eigenvalue weighted by atomic mass is 16.4. The van der Waals surface area contributed by atoms with Crippen LogP contribution < -0.4 is 0 Å². The third-order valence-corrected chi connectivity index (χ3v) is 12.0. The topological polar surface area (TPSA) is 57.5 Å². The Hall–Kier alpha value is -1.09. The largest absolute Gasteiger partial charge is 0.478 e. The van der Waals surface area contributed by atoms with Gasteiger partial charge in [0, 0.05) is 5.57 Å². The number of aliphatic carboxylic acids is 1. The van der Waals surface area contributed by atoms with Gasteiger partial charge in [-0.1, -0.05) is 59.3 Å². The van der Waals surface area contributed by atoms with Crippen molar-refractivity contribution in [3.8, 4) is 0 Å². The quantitative estimate of drug-likeness (QED) is 0.335. The van der Waals surface area contributed by atoms with Gasteiger partial charge in [-0.25, -0.2) is 4.79 Å². The van der Waals surface area contributed by atoms with Crippen molar-refractivity contribution in [2.24, 2.45) is 45.3 Å². The van der Waals surface area contributed by atoms with Crippen molar-refractivity contribution in [3.63, 3.8) is 0 Å². The molecule has 0 amide bonds. The fraction of sp³-hybridized carbons (Fsp3) is 0.833. The lowest BCUT2D eigenvalue weighted by Crippen LogP contribution is -2.58. The van der Waals surface area contributed by atoms with Gasteiger partial charge in [-0.3, -0.25) is 0 Å². The summed E-state index contributed by atoms with van der Waals surface area (Å²) in [5.41, 5.74) is 3.13. The zero-order chi connectivity index (χ0) is 24.4. The highest BCUT2D eigenvalue weighted by Crippen LogP contribution is 2.73. The Labute approximate surface area is 202 Å². The van der Waals surface area contributed by atoms with E-state index in [0.29, 0.717) is 40.1 Å². The second kappa shape index (κ2) is 8.25. The number of carboxylic acid groups (broad SMARTS) is 1. The number of hydrogen-bond acceptors (Lipinski definition) is 2. The second-order valence-electron chi connectivity index (χ2n) is 13.6. The van der Waals surface area contributed by atoms with E-state index in [1.165, 1.54) is 25.7 Å². The van der Waals surface area contributed by atoms with Gasteiger partial charge < -0.3 is 10.2 Å². The van der Waals surface area contributed by atoms with Crippen LogP contribution in [-0.2, 0) is 4.79 Å². The number of rotatable bonds is 5. The average molecular weight is 457 g/mol. The zero-order valence-electron chi connectivity index (χ0n) is 22.2. The fourth-order valence-electron chi connectivity index (χ4n) is 9.50. The number of fused-ring (bicyclic) bond motifs is 5. The van der Waals surface area contributed by atoms with E-state index in [-0.39, 0.29) is 16.9 Å². The smallest absolute Gasteiger partial charge is 0.330 e. The van der Waals surface area contributed by atoms with E-state index in [4.69, 9.17) is 5.11 Å². The summed E-state index contributed by atoms with van der Waals surface area (Å²) in [6.45, 7) is 16.5. The molecule has 33 heavy (non-hydrogen) atoms. The molecule has 8 atom stereocenters. The van der Waals surface area contributed by atoms with Gasteiger partial charge in [-0.15, -0.1) is 0 Å². The molecule has 3 heteroatoms. The molecule has 186 valence electrons. The Kier molecular flexibility index (Phi) is 6.25. The van der Waals surface area contributed by atoms with Gasteiger partial charge in [-0.2, -0.15) is 0 Å². The van der Waals surface area contributed by atoms with Crippen LogP contribution >= 0.6 is 0 Å². The molecule has 2 unspecified atom stereocenters. The predicted molar refractivity (Wildman–Crippen MR) is 135 cm³/mol. The SMILES string of the molecule is C/C(=C/CCC(C)[C@@H]1CC[C@]2(C)C3=CC[C@H]4C(C)(C)C(O)CC[C@]4(C)[C@H]3CC[C@@]12C)C(=O)O. The number of carbonyl (C=O) groups is 1. The van der Waals surface area contributed by atoms with Crippen LogP contribution in [0.3, 0.4) is 0 Å². The van der Waals surface area contributed by atoms with Crippen LogP contribution in [0.25, 0.3) is 0 Å². The molecule has 3 fully saturated rings. The molecule has 0 saturated heterocycles. The van der Waals surface area contributed by atoms with Crippen molar-refractivity contribution in [1.82, 2.24) is 0 Å². The standard InChI is InChI=1S/C30H48O3/c1-19(9-8-10-20(2)26(32)33)21-13-17-30(7)23-11-12-24-27(3,4)25(31)15-16-28(24,5)22(23)14-18-29(21,30)6/h10-11,19,21-22,24-25,31H,8-9,12-18H2,1-7H3,(H,32,33)/b20-10-/t19?,21-,22-,24-,25?,28+,29-,30+/m0/s1. The molecule has 4 aliphatic carbocycles. The third kappa shape index (κ3) is 3.58. The number of aliphatic hydroxyl groups is 1. The minimum absolute atomic E-state index is 0.00892. The van der Waals surface area contributed by atoms with E-state index in [9.17, 15) is 9.90 Å². The molecule has 0 aromatic carbocycles. The Morgan fingerprint density at radius 2 is 1.82 bits per heavy atom. The molecular weight excluding hydrogens is 408 g/mol. The van der Waals surface area contributed by atoms with Crippen LogP contribution in [0.2, 0.25) is 0 Å². The fourth-order valence-corrected chi connectivity index (χ4v) is 9.50. The van der Waals surface area contributed by atoms with E-state index in [0.717, 1.165) is 32.1 Å². The molecule has 3 saturated carbocycles. The predicted octanol–water partition coefficient (Wildman–Crippen LogP) is 7.40. The molecule has 0 spiro atoms. The summed E-state index contributed by atoms with van der Waals surface area (Å²) in [6.07, 6.45) is 14.7. The van der Waals surface area contributed by atoms with Gasteiger partial charge in [-0.05, 0) is 110 Å². The summed E-state index contributed by atoms with van der Waals surface area (Å²) in [5, 5.41) is 20.0. The third-order valence-electron chi connectivity index (χ3n) is 12.0. The molecule has 4 rings (SSSR count). The van der Waals surface area contributed by atoms with Gasteiger partial charge in [0.1, 0.15) is 0 Å². The van der Waals surface area contributed by atoms with Crippen molar-refractivity contribution < 1.29 is 15.0 Å². The van der Waals surface area contributed by atoms with Gasteiger partial charge in [0.15, 0.2) is 0 Å². The molecular formula is C30H48O3. The van der Waals surface area contributed by atoms with Crippen LogP contribution in [-0.4, -0.2) is 22.3 Å². The highest BCUT2D eigenvalue weighted by molar-refractivity contribution is 5.85. The van der Waals surface area contributed by atoms with E-state index in [1.54, 1.807) is 12.5 Å². The molecule has 0 bridgehead atoms.